The van der Waals surface area contributed by atoms with Crippen molar-refractivity contribution in [3.63, 3.8) is 0 Å². The quantitative estimate of drug-likeness (QED) is 0.701. The Bertz CT molecular complexity index is 616. The van der Waals surface area contributed by atoms with Crippen molar-refractivity contribution in [3.8, 4) is 0 Å². The highest BCUT2D eigenvalue weighted by molar-refractivity contribution is 7.89. The van der Waals surface area contributed by atoms with E-state index in [0.717, 1.165) is 13.1 Å². The lowest BCUT2D eigenvalue weighted by Crippen LogP contribution is -2.32. The maximum atomic E-state index is 13.4. The van der Waals surface area contributed by atoms with Gasteiger partial charge in [-0.2, -0.15) is 8.78 Å². The molecular weight excluding hydrogens is 340 g/mol. The number of aromatic nitrogens is 2. The summed E-state index contributed by atoms with van der Waals surface area (Å²) in [6.07, 6.45) is 0.155. The van der Waals surface area contributed by atoms with E-state index in [0.29, 0.717) is 6.54 Å². The summed E-state index contributed by atoms with van der Waals surface area (Å²) in [6, 6.07) is 0. The Balaban J connectivity index is 2.68. The molecule has 1 heterocycles. The Hall–Kier alpha value is -1.24. The van der Waals surface area contributed by atoms with Gasteiger partial charge >= 0.3 is 5.25 Å². The molecule has 0 aromatic carbocycles. The molecule has 1 aromatic rings. The zero-order valence-electron chi connectivity index (χ0n) is 12.0. The summed E-state index contributed by atoms with van der Waals surface area (Å²) < 4.78 is 48.5. The van der Waals surface area contributed by atoms with Crippen LogP contribution >= 0.6 is 11.3 Å². The van der Waals surface area contributed by atoms with Gasteiger partial charge in [0.2, 0.25) is 16.0 Å². The van der Waals surface area contributed by atoms with Crippen molar-refractivity contribution in [1.82, 2.24) is 15.1 Å². The number of hydrogen-bond acceptors (Lipinski definition) is 7. The van der Waals surface area contributed by atoms with Crippen molar-refractivity contribution in [3.05, 3.63) is 5.01 Å². The smallest absolute Gasteiger partial charge is 0.303 e. The summed E-state index contributed by atoms with van der Waals surface area (Å²) in [4.78, 5) is 13.7. The number of nitrogens with zero attached hydrogens (tertiary/aromatic N) is 3. The van der Waals surface area contributed by atoms with E-state index in [1.165, 1.54) is 0 Å². The number of alkyl halides is 2. The Labute approximate surface area is 130 Å². The van der Waals surface area contributed by atoms with Gasteiger partial charge in [0.15, 0.2) is 0 Å². The van der Waals surface area contributed by atoms with E-state index in [9.17, 15) is 22.0 Å². The van der Waals surface area contributed by atoms with Crippen LogP contribution in [-0.4, -0.2) is 49.1 Å². The third-order valence-electron chi connectivity index (χ3n) is 2.83. The van der Waals surface area contributed by atoms with Crippen molar-refractivity contribution in [2.75, 3.05) is 25.0 Å². The SMILES string of the molecule is CCN(CC)CCC(=O)Nc1nnc(C(F)(F)S(N)(=O)=O)s1. The molecule has 12 heteroatoms. The first kappa shape index (κ1) is 18.8. The molecule has 1 aromatic heterocycles. The topological polar surface area (TPSA) is 118 Å². The third-order valence-corrected chi connectivity index (χ3v) is 4.77. The predicted molar refractivity (Wildman–Crippen MR) is 77.9 cm³/mol. The minimum absolute atomic E-state index is 0.155. The van der Waals surface area contributed by atoms with Crippen LogP contribution in [0.1, 0.15) is 25.3 Å². The van der Waals surface area contributed by atoms with Gasteiger partial charge in [-0.3, -0.25) is 4.79 Å². The van der Waals surface area contributed by atoms with E-state index in [-0.39, 0.29) is 22.9 Å². The summed E-state index contributed by atoms with van der Waals surface area (Å²) in [5.74, 6) is -0.423. The lowest BCUT2D eigenvalue weighted by Gasteiger charge is -2.16. The van der Waals surface area contributed by atoms with E-state index >= 15 is 0 Å². The van der Waals surface area contributed by atoms with Crippen LogP contribution in [0.15, 0.2) is 0 Å². The van der Waals surface area contributed by atoms with Crippen LogP contribution in [0.5, 0.6) is 0 Å². The summed E-state index contributed by atoms with van der Waals surface area (Å²) in [5.41, 5.74) is 0. The summed E-state index contributed by atoms with van der Waals surface area (Å²) in [7, 11) is -5.14. The second-order valence-corrected chi connectivity index (χ2v) is 6.88. The molecule has 0 aliphatic heterocycles. The molecule has 0 spiro atoms. The molecule has 0 saturated heterocycles. The van der Waals surface area contributed by atoms with E-state index in [2.05, 4.69) is 20.7 Å². The van der Waals surface area contributed by atoms with Gasteiger partial charge in [-0.1, -0.05) is 25.2 Å². The summed E-state index contributed by atoms with van der Waals surface area (Å²) in [6.45, 7) is 5.99. The van der Waals surface area contributed by atoms with Gasteiger partial charge < -0.3 is 10.2 Å². The Morgan fingerprint density at radius 1 is 1.36 bits per heavy atom. The van der Waals surface area contributed by atoms with Gasteiger partial charge in [0, 0.05) is 13.0 Å². The van der Waals surface area contributed by atoms with Crippen molar-refractivity contribution >= 4 is 32.4 Å². The van der Waals surface area contributed by atoms with E-state index in [4.69, 9.17) is 0 Å². The summed E-state index contributed by atoms with van der Waals surface area (Å²) >= 11 is 0.264. The third kappa shape index (κ3) is 4.63. The van der Waals surface area contributed by atoms with Crippen molar-refractivity contribution in [2.45, 2.75) is 25.5 Å². The number of hydrogen-bond donors (Lipinski definition) is 2. The first-order valence-electron chi connectivity index (χ1n) is 6.38. The fourth-order valence-corrected chi connectivity index (χ4v) is 2.88. The van der Waals surface area contributed by atoms with Gasteiger partial charge in [0.25, 0.3) is 10.0 Å². The highest BCUT2D eigenvalue weighted by Crippen LogP contribution is 2.35. The van der Waals surface area contributed by atoms with Crippen LogP contribution in [0.25, 0.3) is 0 Å². The highest BCUT2D eigenvalue weighted by atomic mass is 32.2. The van der Waals surface area contributed by atoms with E-state index in [1.807, 2.05) is 18.7 Å². The lowest BCUT2D eigenvalue weighted by atomic mass is 10.3. The average molecular weight is 357 g/mol. The normalized spacial score (nSPS) is 12.6. The number of anilines is 1. The number of nitrogens with one attached hydrogen (secondary N) is 1. The molecule has 22 heavy (non-hydrogen) atoms. The van der Waals surface area contributed by atoms with Gasteiger partial charge in [0.05, 0.1) is 0 Å². The summed E-state index contributed by atoms with van der Waals surface area (Å²) in [5, 5.41) is 7.50. The molecule has 0 aliphatic rings. The van der Waals surface area contributed by atoms with Crippen LogP contribution in [0, 0.1) is 0 Å². The van der Waals surface area contributed by atoms with Crippen LogP contribution in [0.3, 0.4) is 0 Å². The minimum Gasteiger partial charge on any atom is -0.303 e. The Kier molecular flexibility index (Phi) is 6.28. The van der Waals surface area contributed by atoms with Crippen LogP contribution in [0.2, 0.25) is 0 Å². The fraction of sp³-hybridized carbons (Fsp3) is 0.700. The zero-order chi connectivity index (χ0) is 17.0. The van der Waals surface area contributed by atoms with Crippen molar-refractivity contribution in [2.24, 2.45) is 5.14 Å². The number of nitrogens with two attached hydrogens (primary N) is 1. The van der Waals surface area contributed by atoms with Crippen LogP contribution < -0.4 is 10.5 Å². The van der Waals surface area contributed by atoms with Crippen LogP contribution in [-0.2, 0) is 20.1 Å². The predicted octanol–water partition coefficient (Wildman–Crippen LogP) is 0.546. The maximum absolute atomic E-state index is 13.4. The molecule has 3 N–H and O–H groups in total. The van der Waals surface area contributed by atoms with E-state index < -0.39 is 26.2 Å². The molecule has 1 amide bonds. The van der Waals surface area contributed by atoms with Gasteiger partial charge in [-0.25, -0.2) is 13.6 Å². The zero-order valence-corrected chi connectivity index (χ0v) is 13.7. The number of primary sulfonamides is 1. The molecular formula is C10H17F2N5O3S2. The Morgan fingerprint density at radius 3 is 2.45 bits per heavy atom. The number of halogens is 2. The van der Waals surface area contributed by atoms with Crippen molar-refractivity contribution in [1.29, 1.82) is 0 Å². The van der Waals surface area contributed by atoms with E-state index in [1.54, 1.807) is 0 Å². The largest absolute Gasteiger partial charge is 0.411 e. The van der Waals surface area contributed by atoms with Crippen LogP contribution in [0.4, 0.5) is 13.9 Å². The molecule has 0 saturated carbocycles. The average Bonchev–Trinajstić information content (AvgIpc) is 2.87. The van der Waals surface area contributed by atoms with Gasteiger partial charge in [0.1, 0.15) is 0 Å². The van der Waals surface area contributed by atoms with Gasteiger partial charge in [-0.15, -0.1) is 10.2 Å². The molecule has 1 rings (SSSR count). The molecule has 126 valence electrons. The van der Waals surface area contributed by atoms with Gasteiger partial charge in [-0.05, 0) is 13.1 Å². The fourth-order valence-electron chi connectivity index (χ4n) is 1.49. The minimum atomic E-state index is -5.14. The second-order valence-electron chi connectivity index (χ2n) is 4.30. The number of carbonyl (C=O) groups is 1. The second kappa shape index (κ2) is 7.35. The maximum Gasteiger partial charge on any atom is 0.411 e. The lowest BCUT2D eigenvalue weighted by molar-refractivity contribution is -0.116. The van der Waals surface area contributed by atoms with Crippen molar-refractivity contribution < 1.29 is 22.0 Å². The number of rotatable bonds is 8. The standard InChI is InChI=1S/C10H17F2N5O3S2/c1-3-17(4-2)6-5-7(18)14-9-16-15-8(21-9)10(11,12)22(13,19)20/h3-6H2,1-2H3,(H2,13,19,20)(H,14,16,18). The molecule has 0 fully saturated rings. The molecule has 0 aliphatic carbocycles. The first-order valence-corrected chi connectivity index (χ1v) is 8.74. The number of amides is 1. The Morgan fingerprint density at radius 2 is 1.95 bits per heavy atom. The molecule has 0 radical (unpaired) electrons. The first-order chi connectivity index (χ1) is 10.1. The molecule has 0 atom stereocenters. The number of carbonyl (C=O) groups excluding carboxylic acids is 1. The molecule has 0 unspecified atom stereocenters. The monoisotopic (exact) mass is 357 g/mol. The molecule has 8 nitrogen and oxygen atoms in total. The highest BCUT2D eigenvalue weighted by Gasteiger charge is 2.48. The molecule has 0 bridgehead atoms. The number of sulfonamides is 1.